The Balaban J connectivity index is 1.89. The largest absolute Gasteiger partial charge is 0.493 e. The van der Waals surface area contributed by atoms with Crippen molar-refractivity contribution in [2.24, 2.45) is 4.99 Å². The summed E-state index contributed by atoms with van der Waals surface area (Å²) in [6.07, 6.45) is 3.47. The topological polar surface area (TPSA) is 136 Å². The number of fused-ring (bicyclic) bond motifs is 1. The minimum atomic E-state index is -4.55. The Bertz CT molecular complexity index is 1530. The SMILES string of the molecule is C#Cc1cccc(Nc2nc(=NCC(F)(F)F)n3nc/c(=C\c4[nH]c(=O)[nH]c4O)c3n2)c1. The van der Waals surface area contributed by atoms with Gasteiger partial charge in [-0.15, -0.1) is 6.42 Å². The monoisotopic (exact) mass is 442 g/mol. The zero-order chi connectivity index (χ0) is 22.9. The van der Waals surface area contributed by atoms with E-state index < -0.39 is 24.3 Å². The molecule has 10 nitrogen and oxygen atoms in total. The lowest BCUT2D eigenvalue weighted by Gasteiger charge is -2.06. The Labute approximate surface area is 176 Å². The molecular weight excluding hydrogens is 429 g/mol. The number of nitrogens with one attached hydrogen (secondary N) is 3. The van der Waals surface area contributed by atoms with Gasteiger partial charge in [-0.05, 0) is 24.3 Å². The molecule has 0 saturated carbocycles. The molecule has 3 heterocycles. The van der Waals surface area contributed by atoms with Crippen LogP contribution in [0, 0.1) is 12.3 Å². The summed E-state index contributed by atoms with van der Waals surface area (Å²) in [7, 11) is 0. The third-order valence-corrected chi connectivity index (χ3v) is 4.10. The van der Waals surface area contributed by atoms with Crippen LogP contribution in [0.4, 0.5) is 24.8 Å². The maximum atomic E-state index is 12.7. The number of terminal acetylenes is 1. The van der Waals surface area contributed by atoms with Gasteiger partial charge >= 0.3 is 11.9 Å². The van der Waals surface area contributed by atoms with Crippen molar-refractivity contribution in [2.75, 3.05) is 11.9 Å². The van der Waals surface area contributed by atoms with Crippen LogP contribution in [0.3, 0.4) is 0 Å². The second-order valence-corrected chi connectivity index (χ2v) is 6.45. The van der Waals surface area contributed by atoms with Gasteiger partial charge in [0, 0.05) is 16.5 Å². The van der Waals surface area contributed by atoms with Crippen molar-refractivity contribution < 1.29 is 18.3 Å². The van der Waals surface area contributed by atoms with E-state index in [4.69, 9.17) is 6.42 Å². The van der Waals surface area contributed by atoms with Crippen molar-refractivity contribution in [3.8, 4) is 18.2 Å². The summed E-state index contributed by atoms with van der Waals surface area (Å²) in [6.45, 7) is -1.48. The maximum absolute atomic E-state index is 12.7. The number of imidazole rings is 1. The lowest BCUT2D eigenvalue weighted by atomic mass is 10.2. The van der Waals surface area contributed by atoms with Crippen LogP contribution in [0.1, 0.15) is 11.3 Å². The van der Waals surface area contributed by atoms with E-state index in [2.05, 4.69) is 41.3 Å². The van der Waals surface area contributed by atoms with E-state index in [1.54, 1.807) is 24.3 Å². The Hall–Kier alpha value is -4.60. The average Bonchev–Trinajstić information content (AvgIpc) is 3.28. The van der Waals surface area contributed by atoms with Crippen molar-refractivity contribution in [1.29, 1.82) is 0 Å². The highest BCUT2D eigenvalue weighted by atomic mass is 19.4. The highest BCUT2D eigenvalue weighted by Gasteiger charge is 2.26. The molecule has 1 aromatic carbocycles. The highest BCUT2D eigenvalue weighted by Crippen LogP contribution is 2.15. The minimum Gasteiger partial charge on any atom is -0.493 e. The third kappa shape index (κ3) is 4.43. The highest BCUT2D eigenvalue weighted by molar-refractivity contribution is 5.60. The summed E-state index contributed by atoms with van der Waals surface area (Å²) in [5.74, 6) is 1.99. The first kappa shape index (κ1) is 20.7. The minimum absolute atomic E-state index is 0.0357. The van der Waals surface area contributed by atoms with E-state index in [0.29, 0.717) is 11.3 Å². The number of halogens is 3. The van der Waals surface area contributed by atoms with Crippen molar-refractivity contribution in [1.82, 2.24) is 29.5 Å². The molecule has 0 saturated heterocycles. The number of hydrogen-bond acceptors (Lipinski definition) is 7. The van der Waals surface area contributed by atoms with Crippen molar-refractivity contribution >= 4 is 23.4 Å². The molecule has 0 fully saturated rings. The molecule has 4 aromatic rings. The number of aromatic amines is 2. The molecule has 3 aromatic heterocycles. The van der Waals surface area contributed by atoms with E-state index >= 15 is 0 Å². The number of H-pyrrole nitrogens is 2. The first-order valence-electron chi connectivity index (χ1n) is 8.91. The fraction of sp³-hybridized carbons (Fsp3) is 0.105. The number of rotatable bonds is 4. The first-order chi connectivity index (χ1) is 15.2. The van der Waals surface area contributed by atoms with E-state index in [1.807, 2.05) is 0 Å². The van der Waals surface area contributed by atoms with Gasteiger partial charge < -0.3 is 15.4 Å². The number of anilines is 2. The molecule has 0 aliphatic carbocycles. The van der Waals surface area contributed by atoms with Crippen LogP contribution in [0.15, 0.2) is 40.2 Å². The molecule has 0 radical (unpaired) electrons. The predicted molar refractivity (Wildman–Crippen MR) is 107 cm³/mol. The fourth-order valence-corrected chi connectivity index (χ4v) is 2.76. The van der Waals surface area contributed by atoms with Gasteiger partial charge in [-0.25, -0.2) is 9.79 Å². The summed E-state index contributed by atoms with van der Waals surface area (Å²) < 4.78 is 39.2. The van der Waals surface area contributed by atoms with Crippen LogP contribution in [-0.4, -0.2) is 47.4 Å². The Morgan fingerprint density at radius 1 is 1.31 bits per heavy atom. The van der Waals surface area contributed by atoms with Gasteiger partial charge in [0.05, 0.1) is 6.20 Å². The Morgan fingerprint density at radius 3 is 2.81 bits per heavy atom. The second kappa shape index (κ2) is 7.91. The molecule has 32 heavy (non-hydrogen) atoms. The normalized spacial score (nSPS) is 12.9. The molecule has 0 unspecified atom stereocenters. The van der Waals surface area contributed by atoms with Gasteiger partial charge in [-0.1, -0.05) is 12.0 Å². The molecule has 0 spiro atoms. The van der Waals surface area contributed by atoms with Gasteiger partial charge in [0.1, 0.15) is 12.2 Å². The number of alkyl halides is 3. The van der Waals surface area contributed by atoms with E-state index in [0.717, 1.165) is 4.52 Å². The van der Waals surface area contributed by atoms with Crippen molar-refractivity contribution in [3.63, 3.8) is 0 Å². The van der Waals surface area contributed by atoms with Crippen LogP contribution in [0.5, 0.6) is 5.88 Å². The van der Waals surface area contributed by atoms with Crippen molar-refractivity contribution in [2.45, 2.75) is 6.18 Å². The Morgan fingerprint density at radius 2 is 2.12 bits per heavy atom. The Kier molecular flexibility index (Phi) is 5.11. The fourth-order valence-electron chi connectivity index (χ4n) is 2.76. The summed E-state index contributed by atoms with van der Waals surface area (Å²) in [4.78, 5) is 27.7. The van der Waals surface area contributed by atoms with Crippen LogP contribution in [-0.2, 0) is 0 Å². The lowest BCUT2D eigenvalue weighted by molar-refractivity contribution is -0.118. The molecule has 13 heteroatoms. The number of aromatic hydroxyl groups is 1. The third-order valence-electron chi connectivity index (χ3n) is 4.10. The maximum Gasteiger partial charge on any atom is 0.408 e. The number of hydrogen-bond donors (Lipinski definition) is 4. The summed E-state index contributed by atoms with van der Waals surface area (Å²) in [5, 5.41) is 16.9. The quantitative estimate of drug-likeness (QED) is 0.342. The average molecular weight is 442 g/mol. The molecule has 0 atom stereocenters. The molecule has 162 valence electrons. The summed E-state index contributed by atoms with van der Waals surface area (Å²) in [6, 6.07) is 6.69. The summed E-state index contributed by atoms with van der Waals surface area (Å²) in [5.41, 5.74) is 0.199. The standard InChI is InChI=1S/C19H13F3N8O2/c1-2-10-4-3-5-12(6-10)25-16-27-14-11(7-13-15(31)28-18(32)26-13)8-24-30(14)17(29-16)23-9-19(20,21)22/h1,3-8,31H,9H2,(H,23,25,29)(H2,26,28,32)/b11-7+. The van der Waals surface area contributed by atoms with Gasteiger partial charge in [-0.3, -0.25) is 4.98 Å². The first-order valence-corrected chi connectivity index (χ1v) is 8.91. The predicted octanol–water partition coefficient (Wildman–Crippen LogP) is 0.582. The van der Waals surface area contributed by atoms with Crippen LogP contribution < -0.4 is 21.8 Å². The molecule has 0 aliphatic heterocycles. The van der Waals surface area contributed by atoms with Gasteiger partial charge in [0.15, 0.2) is 5.65 Å². The van der Waals surface area contributed by atoms with Crippen LogP contribution >= 0.6 is 0 Å². The second-order valence-electron chi connectivity index (χ2n) is 6.45. The number of nitrogens with zero attached hydrogens (tertiary/aromatic N) is 5. The van der Waals surface area contributed by atoms with Gasteiger partial charge in [-0.2, -0.15) is 32.8 Å². The molecule has 4 rings (SSSR count). The zero-order valence-electron chi connectivity index (χ0n) is 16.0. The lowest BCUT2D eigenvalue weighted by Crippen LogP contribution is -2.26. The molecule has 0 amide bonds. The molecule has 0 bridgehead atoms. The van der Waals surface area contributed by atoms with E-state index in [9.17, 15) is 23.1 Å². The van der Waals surface area contributed by atoms with Crippen LogP contribution in [0.2, 0.25) is 0 Å². The zero-order valence-corrected chi connectivity index (χ0v) is 16.0. The van der Waals surface area contributed by atoms with E-state index in [1.165, 1.54) is 12.3 Å². The van der Waals surface area contributed by atoms with Gasteiger partial charge in [0.2, 0.25) is 11.8 Å². The number of aromatic nitrogens is 6. The smallest absolute Gasteiger partial charge is 0.408 e. The van der Waals surface area contributed by atoms with Gasteiger partial charge in [0.25, 0.3) is 5.62 Å². The van der Waals surface area contributed by atoms with Crippen LogP contribution in [0.25, 0.3) is 11.7 Å². The molecule has 4 N–H and O–H groups in total. The van der Waals surface area contributed by atoms with E-state index in [-0.39, 0.29) is 28.1 Å². The molecular formula is C19H13F3N8O2. The van der Waals surface area contributed by atoms with Crippen molar-refractivity contribution in [3.05, 3.63) is 63.0 Å². The molecule has 0 aliphatic rings. The summed E-state index contributed by atoms with van der Waals surface area (Å²) >= 11 is 0. The number of benzene rings is 1.